The number of carbonyl (C=O) groups excluding carboxylic acids is 1. The summed E-state index contributed by atoms with van der Waals surface area (Å²) in [4.78, 5) is 18.4. The van der Waals surface area contributed by atoms with Crippen molar-refractivity contribution in [2.75, 3.05) is 33.4 Å². The first-order valence-electron chi connectivity index (χ1n) is 10.3. The number of nitrogens with one attached hydrogen (secondary N) is 1. The van der Waals surface area contributed by atoms with Crippen LogP contribution in [0.25, 0.3) is 11.4 Å². The molecule has 1 aliphatic heterocycles. The van der Waals surface area contributed by atoms with E-state index in [1.165, 1.54) is 6.07 Å². The SMILES string of the molecule is COc1cccc(CNS(=O)(=O)c2cc(-c3noc(C(=O)N4CCOCC4)n3)ccc2C)c1. The molecule has 1 amide bonds. The van der Waals surface area contributed by atoms with Gasteiger partial charge in [-0.1, -0.05) is 29.4 Å². The minimum atomic E-state index is -3.83. The van der Waals surface area contributed by atoms with Gasteiger partial charge in [0.15, 0.2) is 0 Å². The third-order valence-corrected chi connectivity index (χ3v) is 6.79. The second-order valence-electron chi connectivity index (χ2n) is 7.48. The van der Waals surface area contributed by atoms with Gasteiger partial charge in [-0.2, -0.15) is 4.98 Å². The molecule has 174 valence electrons. The Morgan fingerprint density at radius 2 is 1.97 bits per heavy atom. The minimum Gasteiger partial charge on any atom is -0.497 e. The smallest absolute Gasteiger partial charge is 0.316 e. The zero-order chi connectivity index (χ0) is 23.4. The molecule has 2 heterocycles. The lowest BCUT2D eigenvalue weighted by molar-refractivity contribution is 0.0272. The van der Waals surface area contributed by atoms with Gasteiger partial charge in [0, 0.05) is 25.2 Å². The van der Waals surface area contributed by atoms with E-state index in [9.17, 15) is 13.2 Å². The number of sulfonamides is 1. The number of aryl methyl sites for hydroxylation is 1. The van der Waals surface area contributed by atoms with Gasteiger partial charge in [-0.25, -0.2) is 13.1 Å². The van der Waals surface area contributed by atoms with Crippen LogP contribution in [0, 0.1) is 6.92 Å². The normalized spacial score (nSPS) is 14.3. The lowest BCUT2D eigenvalue weighted by Gasteiger charge is -2.25. The monoisotopic (exact) mass is 472 g/mol. The van der Waals surface area contributed by atoms with Gasteiger partial charge in [-0.15, -0.1) is 0 Å². The molecule has 0 bridgehead atoms. The predicted molar refractivity (Wildman–Crippen MR) is 118 cm³/mol. The molecule has 0 spiro atoms. The maximum atomic E-state index is 13.0. The Balaban J connectivity index is 1.53. The van der Waals surface area contributed by atoms with Gasteiger partial charge in [-0.05, 0) is 36.2 Å². The summed E-state index contributed by atoms with van der Waals surface area (Å²) >= 11 is 0. The summed E-state index contributed by atoms with van der Waals surface area (Å²) in [7, 11) is -2.28. The van der Waals surface area contributed by atoms with Crippen molar-refractivity contribution in [2.24, 2.45) is 0 Å². The number of rotatable bonds is 7. The van der Waals surface area contributed by atoms with E-state index in [1.54, 1.807) is 55.3 Å². The molecule has 0 radical (unpaired) electrons. The summed E-state index contributed by atoms with van der Waals surface area (Å²) in [5.41, 5.74) is 1.74. The lowest BCUT2D eigenvalue weighted by Crippen LogP contribution is -2.40. The van der Waals surface area contributed by atoms with Crippen LogP contribution < -0.4 is 9.46 Å². The molecule has 1 fully saturated rings. The van der Waals surface area contributed by atoms with E-state index in [-0.39, 0.29) is 29.1 Å². The van der Waals surface area contributed by atoms with Crippen LogP contribution in [0.2, 0.25) is 0 Å². The first-order chi connectivity index (χ1) is 15.9. The Morgan fingerprint density at radius 3 is 2.73 bits per heavy atom. The predicted octanol–water partition coefficient (Wildman–Crippen LogP) is 2.00. The molecule has 1 saturated heterocycles. The number of aromatic nitrogens is 2. The number of amides is 1. The highest BCUT2D eigenvalue weighted by Crippen LogP contribution is 2.24. The van der Waals surface area contributed by atoms with Gasteiger partial charge >= 0.3 is 11.8 Å². The van der Waals surface area contributed by atoms with Crippen LogP contribution in [-0.2, 0) is 21.3 Å². The van der Waals surface area contributed by atoms with E-state index in [4.69, 9.17) is 14.0 Å². The van der Waals surface area contributed by atoms with Crippen molar-refractivity contribution in [3.63, 3.8) is 0 Å². The van der Waals surface area contributed by atoms with Crippen molar-refractivity contribution in [2.45, 2.75) is 18.4 Å². The van der Waals surface area contributed by atoms with Crippen molar-refractivity contribution >= 4 is 15.9 Å². The number of methoxy groups -OCH3 is 1. The summed E-state index contributed by atoms with van der Waals surface area (Å²) < 4.78 is 44.2. The molecule has 11 heteroatoms. The number of morpholine rings is 1. The second kappa shape index (κ2) is 9.69. The van der Waals surface area contributed by atoms with Crippen LogP contribution in [0.5, 0.6) is 5.75 Å². The van der Waals surface area contributed by atoms with Gasteiger partial charge in [0.1, 0.15) is 5.75 Å². The number of hydrogen-bond acceptors (Lipinski definition) is 8. The molecule has 0 aliphatic carbocycles. The van der Waals surface area contributed by atoms with Crippen molar-refractivity contribution in [3.05, 3.63) is 59.5 Å². The second-order valence-corrected chi connectivity index (χ2v) is 9.22. The average molecular weight is 473 g/mol. The summed E-state index contributed by atoms with van der Waals surface area (Å²) in [5.74, 6) is 0.255. The summed E-state index contributed by atoms with van der Waals surface area (Å²) in [6.45, 7) is 3.60. The number of benzene rings is 2. The zero-order valence-corrected chi connectivity index (χ0v) is 19.1. The Hall–Kier alpha value is -3.28. The van der Waals surface area contributed by atoms with Gasteiger partial charge in [0.2, 0.25) is 15.8 Å². The fourth-order valence-electron chi connectivity index (χ4n) is 3.40. The Morgan fingerprint density at radius 1 is 1.18 bits per heavy atom. The molecule has 0 saturated carbocycles. The third-order valence-electron chi connectivity index (χ3n) is 5.24. The molecule has 4 rings (SSSR count). The van der Waals surface area contributed by atoms with E-state index in [1.807, 2.05) is 0 Å². The molecule has 33 heavy (non-hydrogen) atoms. The van der Waals surface area contributed by atoms with E-state index in [0.717, 1.165) is 5.56 Å². The van der Waals surface area contributed by atoms with E-state index < -0.39 is 10.0 Å². The van der Waals surface area contributed by atoms with Crippen molar-refractivity contribution in [1.29, 1.82) is 0 Å². The molecular formula is C22H24N4O6S. The largest absolute Gasteiger partial charge is 0.497 e. The number of hydrogen-bond donors (Lipinski definition) is 1. The van der Waals surface area contributed by atoms with Crippen molar-refractivity contribution in [1.82, 2.24) is 19.8 Å². The quantitative estimate of drug-likeness (QED) is 0.554. The molecule has 3 aromatic rings. The first kappa shape index (κ1) is 22.9. The van der Waals surface area contributed by atoms with Gasteiger partial charge in [-0.3, -0.25) is 4.79 Å². The van der Waals surface area contributed by atoms with Crippen molar-refractivity contribution in [3.8, 4) is 17.1 Å². The molecule has 1 aliphatic rings. The molecule has 0 atom stereocenters. The molecular weight excluding hydrogens is 448 g/mol. The highest BCUT2D eigenvalue weighted by molar-refractivity contribution is 7.89. The van der Waals surface area contributed by atoms with Crippen LogP contribution in [0.1, 0.15) is 21.8 Å². The van der Waals surface area contributed by atoms with Gasteiger partial charge in [0.05, 0.1) is 25.2 Å². The summed E-state index contributed by atoms with van der Waals surface area (Å²) in [6.07, 6.45) is 0. The Kier molecular flexibility index (Phi) is 6.72. The van der Waals surface area contributed by atoms with Crippen LogP contribution >= 0.6 is 0 Å². The van der Waals surface area contributed by atoms with Crippen LogP contribution in [-0.4, -0.2) is 62.8 Å². The number of ether oxygens (including phenoxy) is 2. The fourth-order valence-corrected chi connectivity index (χ4v) is 4.68. The van der Waals surface area contributed by atoms with E-state index in [2.05, 4.69) is 14.9 Å². The van der Waals surface area contributed by atoms with Gasteiger partial charge < -0.3 is 18.9 Å². The summed E-state index contributed by atoms with van der Waals surface area (Å²) in [6, 6.07) is 12.0. The van der Waals surface area contributed by atoms with Crippen LogP contribution in [0.15, 0.2) is 51.9 Å². The maximum absolute atomic E-state index is 13.0. The lowest BCUT2D eigenvalue weighted by atomic mass is 10.1. The Bertz CT molecular complexity index is 1250. The average Bonchev–Trinajstić information content (AvgIpc) is 3.33. The Labute approximate surface area is 191 Å². The van der Waals surface area contributed by atoms with Crippen molar-refractivity contribution < 1.29 is 27.2 Å². The number of carbonyl (C=O) groups is 1. The highest BCUT2D eigenvalue weighted by atomic mass is 32.2. The topological polar surface area (TPSA) is 124 Å². The molecule has 0 unspecified atom stereocenters. The van der Waals surface area contributed by atoms with E-state index >= 15 is 0 Å². The van der Waals surface area contributed by atoms with Gasteiger partial charge in [0.25, 0.3) is 0 Å². The zero-order valence-electron chi connectivity index (χ0n) is 18.3. The minimum absolute atomic E-state index is 0.0914. The molecule has 2 aromatic carbocycles. The summed E-state index contributed by atoms with van der Waals surface area (Å²) in [5, 5.41) is 3.87. The third kappa shape index (κ3) is 5.21. The fraction of sp³-hybridized carbons (Fsp3) is 0.318. The maximum Gasteiger partial charge on any atom is 0.316 e. The van der Waals surface area contributed by atoms with Crippen LogP contribution in [0.4, 0.5) is 0 Å². The molecule has 10 nitrogen and oxygen atoms in total. The molecule has 1 aromatic heterocycles. The standard InChI is InChI=1S/C22H24N4O6S/c1-15-6-7-17(20-24-21(32-25-20)22(27)26-8-10-31-11-9-26)13-19(15)33(28,29)23-14-16-4-3-5-18(12-16)30-2/h3-7,12-13,23H,8-11,14H2,1-2H3. The number of nitrogens with zero attached hydrogens (tertiary/aromatic N) is 3. The molecule has 1 N–H and O–H groups in total. The van der Waals surface area contributed by atoms with E-state index in [0.29, 0.717) is 43.2 Å². The first-order valence-corrected chi connectivity index (χ1v) is 11.8. The highest BCUT2D eigenvalue weighted by Gasteiger charge is 2.25. The van der Waals surface area contributed by atoms with Crippen LogP contribution in [0.3, 0.4) is 0 Å².